The van der Waals surface area contributed by atoms with Gasteiger partial charge in [-0.05, 0) is 56.3 Å². The van der Waals surface area contributed by atoms with Crippen LogP contribution >= 0.6 is 0 Å². The highest BCUT2D eigenvalue weighted by Gasteiger charge is 2.34. The Morgan fingerprint density at radius 1 is 1.10 bits per heavy atom. The largest absolute Gasteiger partial charge is 0.354 e. The van der Waals surface area contributed by atoms with Crippen LogP contribution in [0.3, 0.4) is 0 Å². The molecule has 2 aliphatic carbocycles. The highest BCUT2D eigenvalue weighted by Crippen LogP contribution is 2.32. The Kier molecular flexibility index (Phi) is 4.65. The minimum atomic E-state index is 0.0770. The molecule has 2 saturated carbocycles. The second kappa shape index (κ2) is 6.46. The molecule has 1 aliphatic heterocycles. The lowest BCUT2D eigenvalue weighted by atomic mass is 9.77. The van der Waals surface area contributed by atoms with Crippen molar-refractivity contribution < 1.29 is 4.79 Å². The molecule has 0 bridgehead atoms. The molecule has 3 aliphatic rings. The number of hydrogen-bond donors (Lipinski definition) is 2. The van der Waals surface area contributed by atoms with Crippen LogP contribution in [-0.4, -0.2) is 24.5 Å². The minimum absolute atomic E-state index is 0.0770. The normalized spacial score (nSPS) is 41.1. The van der Waals surface area contributed by atoms with Crippen LogP contribution in [0.5, 0.6) is 0 Å². The molecule has 0 aromatic rings. The van der Waals surface area contributed by atoms with E-state index in [-0.39, 0.29) is 11.9 Å². The fourth-order valence-corrected chi connectivity index (χ4v) is 4.58. The Morgan fingerprint density at radius 3 is 2.75 bits per heavy atom. The number of amides is 1. The third-order valence-electron chi connectivity index (χ3n) is 5.84. The number of hydrogen-bond acceptors (Lipinski definition) is 2. The molecule has 20 heavy (non-hydrogen) atoms. The van der Waals surface area contributed by atoms with Crippen LogP contribution in [0.2, 0.25) is 0 Å². The number of nitrogens with one attached hydrogen (secondary N) is 2. The van der Waals surface area contributed by atoms with Gasteiger partial charge < -0.3 is 10.6 Å². The van der Waals surface area contributed by atoms with Crippen molar-refractivity contribution in [2.75, 3.05) is 6.54 Å². The molecule has 5 unspecified atom stereocenters. The van der Waals surface area contributed by atoms with Crippen molar-refractivity contribution >= 4 is 5.91 Å². The zero-order chi connectivity index (χ0) is 13.9. The number of fused-ring (bicyclic) bond motifs is 1. The molecule has 1 heterocycles. The number of rotatable bonds is 3. The third kappa shape index (κ3) is 3.36. The smallest absolute Gasteiger partial charge is 0.237 e. The quantitative estimate of drug-likeness (QED) is 0.833. The van der Waals surface area contributed by atoms with Crippen molar-refractivity contribution in [2.45, 2.75) is 76.8 Å². The van der Waals surface area contributed by atoms with E-state index >= 15 is 0 Å². The monoisotopic (exact) mass is 278 g/mol. The molecule has 114 valence electrons. The van der Waals surface area contributed by atoms with Crippen LogP contribution < -0.4 is 10.6 Å². The fourth-order valence-electron chi connectivity index (χ4n) is 4.58. The van der Waals surface area contributed by atoms with Crippen molar-refractivity contribution in [3.8, 4) is 0 Å². The molecule has 0 aromatic carbocycles. The van der Waals surface area contributed by atoms with Gasteiger partial charge in [0.05, 0.1) is 6.04 Å². The third-order valence-corrected chi connectivity index (χ3v) is 5.84. The Balaban J connectivity index is 1.43. The van der Waals surface area contributed by atoms with Crippen molar-refractivity contribution in [3.05, 3.63) is 0 Å². The lowest BCUT2D eigenvalue weighted by Crippen LogP contribution is -2.55. The van der Waals surface area contributed by atoms with E-state index in [9.17, 15) is 4.79 Å². The van der Waals surface area contributed by atoms with E-state index in [1.54, 1.807) is 0 Å². The molecule has 3 rings (SSSR count). The topological polar surface area (TPSA) is 41.1 Å². The maximum Gasteiger partial charge on any atom is 0.237 e. The summed E-state index contributed by atoms with van der Waals surface area (Å²) in [4.78, 5) is 12.3. The fraction of sp³-hybridized carbons (Fsp3) is 0.941. The molecule has 0 aromatic heterocycles. The average Bonchev–Trinajstić information content (AvgIpc) is 2.90. The maximum absolute atomic E-state index is 12.3. The summed E-state index contributed by atoms with van der Waals surface area (Å²) in [6, 6.07) is 0.688. The Morgan fingerprint density at radius 2 is 1.95 bits per heavy atom. The summed E-state index contributed by atoms with van der Waals surface area (Å²) in [5, 5.41) is 6.84. The zero-order valence-electron chi connectivity index (χ0n) is 12.9. The highest BCUT2D eigenvalue weighted by atomic mass is 16.2. The summed E-state index contributed by atoms with van der Waals surface area (Å²) in [5.74, 6) is 2.67. The standard InChI is InChI=1S/C17H30N2O/c1-12-6-7-13(10-12)11-18-17(20)16-9-8-14-4-2-3-5-15(14)19-16/h12-16,19H,2-11H2,1H3,(H,18,20). The molecular formula is C17H30N2O. The molecule has 1 saturated heterocycles. The van der Waals surface area contributed by atoms with E-state index in [2.05, 4.69) is 17.6 Å². The Bertz CT molecular complexity index is 344. The van der Waals surface area contributed by atoms with E-state index in [4.69, 9.17) is 0 Å². The van der Waals surface area contributed by atoms with Gasteiger partial charge in [-0.3, -0.25) is 4.79 Å². The molecule has 3 heteroatoms. The van der Waals surface area contributed by atoms with Gasteiger partial charge in [0.1, 0.15) is 0 Å². The summed E-state index contributed by atoms with van der Waals surface area (Å²) in [7, 11) is 0. The molecular weight excluding hydrogens is 248 g/mol. The minimum Gasteiger partial charge on any atom is -0.354 e. The van der Waals surface area contributed by atoms with Gasteiger partial charge in [-0.1, -0.05) is 26.2 Å². The van der Waals surface area contributed by atoms with Gasteiger partial charge in [0.15, 0.2) is 0 Å². The van der Waals surface area contributed by atoms with Crippen molar-refractivity contribution in [1.29, 1.82) is 0 Å². The predicted octanol–water partition coefficient (Wildman–Crippen LogP) is 2.85. The van der Waals surface area contributed by atoms with Gasteiger partial charge in [0.25, 0.3) is 0 Å². The zero-order valence-corrected chi connectivity index (χ0v) is 12.9. The van der Waals surface area contributed by atoms with Crippen LogP contribution in [0, 0.1) is 17.8 Å². The van der Waals surface area contributed by atoms with Gasteiger partial charge in [0, 0.05) is 12.6 Å². The first-order chi connectivity index (χ1) is 9.72. The van der Waals surface area contributed by atoms with E-state index in [0.717, 1.165) is 30.7 Å². The Labute approximate surface area is 123 Å². The van der Waals surface area contributed by atoms with Crippen molar-refractivity contribution in [1.82, 2.24) is 10.6 Å². The first-order valence-corrected chi connectivity index (χ1v) is 8.76. The molecule has 3 nitrogen and oxygen atoms in total. The summed E-state index contributed by atoms with van der Waals surface area (Å²) in [6.07, 6.45) is 11.6. The lowest BCUT2D eigenvalue weighted by molar-refractivity contribution is -0.124. The summed E-state index contributed by atoms with van der Waals surface area (Å²) in [6.45, 7) is 3.23. The molecule has 1 amide bonds. The van der Waals surface area contributed by atoms with E-state index in [1.165, 1.54) is 51.4 Å². The summed E-state index contributed by atoms with van der Waals surface area (Å²) >= 11 is 0. The summed E-state index contributed by atoms with van der Waals surface area (Å²) < 4.78 is 0. The maximum atomic E-state index is 12.3. The van der Waals surface area contributed by atoms with Crippen LogP contribution in [0.25, 0.3) is 0 Å². The Hall–Kier alpha value is -0.570. The van der Waals surface area contributed by atoms with E-state index < -0.39 is 0 Å². The lowest BCUT2D eigenvalue weighted by Gasteiger charge is -2.40. The van der Waals surface area contributed by atoms with E-state index in [0.29, 0.717) is 6.04 Å². The molecule has 0 spiro atoms. The van der Waals surface area contributed by atoms with Crippen LogP contribution in [0.15, 0.2) is 0 Å². The second-order valence-corrected chi connectivity index (χ2v) is 7.48. The van der Waals surface area contributed by atoms with Crippen LogP contribution in [-0.2, 0) is 4.79 Å². The van der Waals surface area contributed by atoms with Gasteiger partial charge >= 0.3 is 0 Å². The second-order valence-electron chi connectivity index (χ2n) is 7.48. The molecule has 3 fully saturated rings. The number of piperidine rings is 1. The van der Waals surface area contributed by atoms with Gasteiger partial charge in [-0.15, -0.1) is 0 Å². The van der Waals surface area contributed by atoms with Crippen LogP contribution in [0.1, 0.15) is 64.7 Å². The average molecular weight is 278 g/mol. The highest BCUT2D eigenvalue weighted by molar-refractivity contribution is 5.81. The van der Waals surface area contributed by atoms with Crippen molar-refractivity contribution in [3.63, 3.8) is 0 Å². The molecule has 0 radical (unpaired) electrons. The molecule has 2 N–H and O–H groups in total. The summed E-state index contributed by atoms with van der Waals surface area (Å²) in [5.41, 5.74) is 0. The first kappa shape index (κ1) is 14.4. The van der Waals surface area contributed by atoms with Gasteiger partial charge in [-0.2, -0.15) is 0 Å². The first-order valence-electron chi connectivity index (χ1n) is 8.76. The van der Waals surface area contributed by atoms with Gasteiger partial charge in [-0.25, -0.2) is 0 Å². The van der Waals surface area contributed by atoms with Gasteiger partial charge in [0.2, 0.25) is 5.91 Å². The van der Waals surface area contributed by atoms with E-state index in [1.807, 2.05) is 0 Å². The number of carbonyl (C=O) groups excluding carboxylic acids is 1. The predicted molar refractivity (Wildman–Crippen MR) is 81.4 cm³/mol. The SMILES string of the molecule is CC1CCC(CNC(=O)C2CCC3CCCCC3N2)C1. The number of carbonyl (C=O) groups is 1. The molecule has 5 atom stereocenters. The van der Waals surface area contributed by atoms with Crippen LogP contribution in [0.4, 0.5) is 0 Å². The van der Waals surface area contributed by atoms with Crippen molar-refractivity contribution in [2.24, 2.45) is 17.8 Å².